The number of carbonyl (C=O) groups is 1. The number of hydrogen-bond acceptors (Lipinski definition) is 5. The van der Waals surface area contributed by atoms with Gasteiger partial charge in [0.25, 0.3) is 5.91 Å². The van der Waals surface area contributed by atoms with E-state index in [1.807, 2.05) is 0 Å². The van der Waals surface area contributed by atoms with Crippen LogP contribution in [0.1, 0.15) is 35.9 Å². The van der Waals surface area contributed by atoms with E-state index in [2.05, 4.69) is 5.32 Å². The topological polar surface area (TPSA) is 102 Å². The fourth-order valence-corrected chi connectivity index (χ4v) is 2.13. The van der Waals surface area contributed by atoms with Gasteiger partial charge in [-0.1, -0.05) is 12.1 Å². The zero-order valence-corrected chi connectivity index (χ0v) is 13.4. The molecule has 0 heterocycles. The largest absolute Gasteiger partial charge is 0.487 e. The molecule has 0 saturated heterocycles. The number of anilines is 1. The van der Waals surface area contributed by atoms with Gasteiger partial charge in [0.2, 0.25) is 0 Å². The number of aliphatic hydroxyl groups excluding tert-OH is 1. The quantitative estimate of drug-likeness (QED) is 0.625. The van der Waals surface area contributed by atoms with E-state index in [0.29, 0.717) is 12.3 Å². The standard InChI is InChI=1S/C17H18N2O5/c1-3-24-16-9-6-13(10-15(16)19(22)23)17(21)18-14-7-4-12(5-8-14)11(2)20/h4-11,20H,3H2,1-2H3,(H,18,21)/t11-/m1/s1. The van der Waals surface area contributed by atoms with Crippen LogP contribution in [0.2, 0.25) is 0 Å². The van der Waals surface area contributed by atoms with Gasteiger partial charge in [0.05, 0.1) is 17.6 Å². The first kappa shape index (κ1) is 17.4. The van der Waals surface area contributed by atoms with Crippen molar-refractivity contribution in [1.29, 1.82) is 0 Å². The minimum Gasteiger partial charge on any atom is -0.487 e. The van der Waals surface area contributed by atoms with Crippen molar-refractivity contribution in [2.75, 3.05) is 11.9 Å². The van der Waals surface area contributed by atoms with Crippen molar-refractivity contribution in [2.45, 2.75) is 20.0 Å². The molecule has 2 aromatic rings. The molecule has 24 heavy (non-hydrogen) atoms. The summed E-state index contributed by atoms with van der Waals surface area (Å²) in [5.41, 5.74) is 1.16. The fraction of sp³-hybridized carbons (Fsp3) is 0.235. The molecule has 0 unspecified atom stereocenters. The summed E-state index contributed by atoms with van der Waals surface area (Å²) in [6, 6.07) is 10.8. The maximum absolute atomic E-state index is 12.3. The molecule has 0 spiro atoms. The summed E-state index contributed by atoms with van der Waals surface area (Å²) in [4.78, 5) is 22.8. The van der Waals surface area contributed by atoms with Crippen molar-refractivity contribution in [2.24, 2.45) is 0 Å². The second-order valence-corrected chi connectivity index (χ2v) is 5.12. The molecular formula is C17H18N2O5. The van der Waals surface area contributed by atoms with Crippen LogP contribution in [0.25, 0.3) is 0 Å². The van der Waals surface area contributed by atoms with E-state index >= 15 is 0 Å². The van der Waals surface area contributed by atoms with Crippen LogP contribution in [0.5, 0.6) is 5.75 Å². The first-order chi connectivity index (χ1) is 11.4. The van der Waals surface area contributed by atoms with Crippen molar-refractivity contribution in [3.63, 3.8) is 0 Å². The highest BCUT2D eigenvalue weighted by Crippen LogP contribution is 2.28. The highest BCUT2D eigenvalue weighted by atomic mass is 16.6. The second kappa shape index (κ2) is 7.56. The van der Waals surface area contributed by atoms with Crippen molar-refractivity contribution < 1.29 is 19.6 Å². The predicted octanol–water partition coefficient (Wildman–Crippen LogP) is 3.30. The van der Waals surface area contributed by atoms with Crippen LogP contribution in [0, 0.1) is 10.1 Å². The third-order valence-electron chi connectivity index (χ3n) is 3.37. The molecule has 0 radical (unpaired) electrons. The number of rotatable bonds is 6. The number of nitrogens with one attached hydrogen (secondary N) is 1. The second-order valence-electron chi connectivity index (χ2n) is 5.12. The minimum absolute atomic E-state index is 0.125. The number of nitro groups is 1. The van der Waals surface area contributed by atoms with Gasteiger partial charge >= 0.3 is 5.69 Å². The Morgan fingerprint density at radius 2 is 1.96 bits per heavy atom. The van der Waals surface area contributed by atoms with Crippen LogP contribution >= 0.6 is 0 Å². The normalized spacial score (nSPS) is 11.6. The van der Waals surface area contributed by atoms with Gasteiger partial charge in [-0.05, 0) is 43.7 Å². The molecule has 0 aromatic heterocycles. The molecular weight excluding hydrogens is 312 g/mol. The Labute approximate surface area is 139 Å². The lowest BCUT2D eigenvalue weighted by molar-refractivity contribution is -0.385. The van der Waals surface area contributed by atoms with Gasteiger partial charge in [-0.2, -0.15) is 0 Å². The van der Waals surface area contributed by atoms with Crippen molar-refractivity contribution in [3.05, 3.63) is 63.7 Å². The molecule has 2 aromatic carbocycles. The summed E-state index contributed by atoms with van der Waals surface area (Å²) in [5.74, 6) is -0.341. The molecule has 1 amide bonds. The number of carbonyl (C=O) groups excluding carboxylic acids is 1. The SMILES string of the molecule is CCOc1ccc(C(=O)Nc2ccc([C@@H](C)O)cc2)cc1[N+](=O)[O-]. The Hall–Kier alpha value is -2.93. The Balaban J connectivity index is 2.20. The molecule has 0 saturated carbocycles. The molecule has 0 aliphatic heterocycles. The highest BCUT2D eigenvalue weighted by Gasteiger charge is 2.18. The summed E-state index contributed by atoms with van der Waals surface area (Å²) in [5, 5.41) is 23.2. The lowest BCUT2D eigenvalue weighted by Gasteiger charge is -2.09. The molecule has 2 N–H and O–H groups in total. The predicted molar refractivity (Wildman–Crippen MR) is 89.3 cm³/mol. The van der Waals surface area contributed by atoms with E-state index in [1.54, 1.807) is 38.1 Å². The summed E-state index contributed by atoms with van der Waals surface area (Å²) >= 11 is 0. The minimum atomic E-state index is -0.594. The number of benzene rings is 2. The van der Waals surface area contributed by atoms with E-state index in [0.717, 1.165) is 5.56 Å². The number of hydrogen-bond donors (Lipinski definition) is 2. The Bertz CT molecular complexity index is 741. The van der Waals surface area contributed by atoms with Crippen LogP contribution in [0.3, 0.4) is 0 Å². The number of amides is 1. The molecule has 0 bridgehead atoms. The maximum Gasteiger partial charge on any atom is 0.311 e. The summed E-state index contributed by atoms with van der Waals surface area (Å²) in [7, 11) is 0. The smallest absolute Gasteiger partial charge is 0.311 e. The van der Waals surface area contributed by atoms with E-state index in [1.165, 1.54) is 18.2 Å². The molecule has 126 valence electrons. The first-order valence-electron chi connectivity index (χ1n) is 7.43. The van der Waals surface area contributed by atoms with E-state index < -0.39 is 16.9 Å². The molecule has 0 aliphatic rings. The fourth-order valence-electron chi connectivity index (χ4n) is 2.13. The Morgan fingerprint density at radius 1 is 1.29 bits per heavy atom. The average Bonchev–Trinajstić information content (AvgIpc) is 2.55. The van der Waals surface area contributed by atoms with Crippen molar-refractivity contribution >= 4 is 17.3 Å². The van der Waals surface area contributed by atoms with Gasteiger partial charge in [0, 0.05) is 17.3 Å². The van der Waals surface area contributed by atoms with E-state index in [9.17, 15) is 20.0 Å². The van der Waals surface area contributed by atoms with Gasteiger partial charge in [0.1, 0.15) is 0 Å². The Kier molecular flexibility index (Phi) is 5.49. The van der Waals surface area contributed by atoms with Gasteiger partial charge in [-0.15, -0.1) is 0 Å². The third-order valence-corrected chi connectivity index (χ3v) is 3.37. The molecule has 7 heteroatoms. The molecule has 0 fully saturated rings. The maximum atomic E-state index is 12.3. The van der Waals surface area contributed by atoms with Gasteiger partial charge in [-0.3, -0.25) is 14.9 Å². The lowest BCUT2D eigenvalue weighted by Crippen LogP contribution is -2.12. The van der Waals surface area contributed by atoms with Crippen LogP contribution in [-0.2, 0) is 0 Å². The summed E-state index contributed by atoms with van der Waals surface area (Å²) in [6.45, 7) is 3.66. The molecule has 1 atom stereocenters. The molecule has 2 rings (SSSR count). The Morgan fingerprint density at radius 3 is 2.50 bits per heavy atom. The van der Waals surface area contributed by atoms with Gasteiger partial charge in [0.15, 0.2) is 5.75 Å². The van der Waals surface area contributed by atoms with Gasteiger partial charge in [-0.25, -0.2) is 0 Å². The van der Waals surface area contributed by atoms with Crippen molar-refractivity contribution in [1.82, 2.24) is 0 Å². The summed E-state index contributed by atoms with van der Waals surface area (Å²) in [6.07, 6.45) is -0.594. The van der Waals surface area contributed by atoms with E-state index in [-0.39, 0.29) is 17.0 Å². The average molecular weight is 330 g/mol. The number of nitro benzene ring substituents is 1. The monoisotopic (exact) mass is 330 g/mol. The van der Waals surface area contributed by atoms with Crippen molar-refractivity contribution in [3.8, 4) is 5.75 Å². The highest BCUT2D eigenvalue weighted by molar-refractivity contribution is 6.04. The van der Waals surface area contributed by atoms with Crippen LogP contribution in [0.15, 0.2) is 42.5 Å². The number of aliphatic hydroxyl groups is 1. The number of ether oxygens (including phenoxy) is 1. The zero-order valence-electron chi connectivity index (χ0n) is 13.4. The first-order valence-corrected chi connectivity index (χ1v) is 7.43. The van der Waals surface area contributed by atoms with Crippen LogP contribution in [0.4, 0.5) is 11.4 Å². The zero-order chi connectivity index (χ0) is 17.7. The van der Waals surface area contributed by atoms with Crippen LogP contribution in [-0.4, -0.2) is 22.5 Å². The summed E-state index contributed by atoms with van der Waals surface area (Å²) < 4.78 is 5.19. The van der Waals surface area contributed by atoms with Crippen LogP contribution < -0.4 is 10.1 Å². The van der Waals surface area contributed by atoms with E-state index in [4.69, 9.17) is 4.74 Å². The lowest BCUT2D eigenvalue weighted by atomic mass is 10.1. The third kappa shape index (κ3) is 4.08. The molecule has 0 aliphatic carbocycles. The number of nitrogens with zero attached hydrogens (tertiary/aromatic N) is 1. The molecule has 7 nitrogen and oxygen atoms in total. The van der Waals surface area contributed by atoms with Gasteiger partial charge < -0.3 is 15.2 Å².